The summed E-state index contributed by atoms with van der Waals surface area (Å²) in [5.41, 5.74) is 6.04. The fourth-order valence-corrected chi connectivity index (χ4v) is 2.55. The third-order valence-corrected chi connectivity index (χ3v) is 3.90. The molecule has 0 aromatic carbocycles. The van der Waals surface area contributed by atoms with Crippen molar-refractivity contribution in [1.82, 2.24) is 10.2 Å². The highest BCUT2D eigenvalue weighted by molar-refractivity contribution is 5.78. The lowest BCUT2D eigenvalue weighted by atomic mass is 10.1. The average molecular weight is 282 g/mol. The number of amides is 1. The molecule has 0 bridgehead atoms. The van der Waals surface area contributed by atoms with Crippen LogP contribution in [0.3, 0.4) is 0 Å². The van der Waals surface area contributed by atoms with E-state index in [1.165, 1.54) is 19.3 Å². The number of hydrogen-bond donors (Lipinski definition) is 2. The Morgan fingerprint density at radius 2 is 2.10 bits per heavy atom. The molecule has 1 unspecified atom stereocenters. The Labute approximate surface area is 120 Å². The van der Waals surface area contributed by atoms with Gasteiger partial charge in [-0.2, -0.15) is 0 Å². The van der Waals surface area contributed by atoms with Gasteiger partial charge < -0.3 is 20.7 Å². The molecule has 1 saturated heterocycles. The molecule has 2 rings (SSSR count). The molecule has 6 nitrogen and oxygen atoms in total. The molecule has 0 radical (unpaired) electrons. The van der Waals surface area contributed by atoms with Gasteiger partial charge >= 0.3 is 6.09 Å². The van der Waals surface area contributed by atoms with Crippen molar-refractivity contribution in [3.63, 3.8) is 0 Å². The summed E-state index contributed by atoms with van der Waals surface area (Å²) in [5.74, 6) is 1.14. The Morgan fingerprint density at radius 1 is 1.40 bits per heavy atom. The van der Waals surface area contributed by atoms with E-state index in [4.69, 9.17) is 10.5 Å². The van der Waals surface area contributed by atoms with Crippen molar-refractivity contribution >= 4 is 12.1 Å². The molecule has 3 N–H and O–H groups in total. The minimum atomic E-state index is -0.351. The number of nitrogens with zero attached hydrogens (tertiary/aromatic N) is 2. The van der Waals surface area contributed by atoms with Crippen molar-refractivity contribution in [2.75, 3.05) is 26.2 Å². The van der Waals surface area contributed by atoms with Crippen LogP contribution in [0.25, 0.3) is 0 Å². The van der Waals surface area contributed by atoms with Gasteiger partial charge in [-0.3, -0.25) is 4.99 Å². The summed E-state index contributed by atoms with van der Waals surface area (Å²) in [5, 5.41) is 2.90. The van der Waals surface area contributed by atoms with Crippen LogP contribution in [0, 0.1) is 5.92 Å². The van der Waals surface area contributed by atoms with Crippen molar-refractivity contribution in [1.29, 1.82) is 0 Å². The largest absolute Gasteiger partial charge is 0.450 e. The smallest absolute Gasteiger partial charge is 0.407 e. The Morgan fingerprint density at radius 3 is 2.70 bits per heavy atom. The van der Waals surface area contributed by atoms with Crippen molar-refractivity contribution in [2.24, 2.45) is 16.6 Å². The van der Waals surface area contributed by atoms with E-state index in [1.54, 1.807) is 6.92 Å². The van der Waals surface area contributed by atoms with Crippen LogP contribution < -0.4 is 11.1 Å². The normalized spacial score (nSPS) is 21.4. The summed E-state index contributed by atoms with van der Waals surface area (Å²) >= 11 is 0. The molecule has 1 atom stereocenters. The van der Waals surface area contributed by atoms with E-state index >= 15 is 0 Å². The van der Waals surface area contributed by atoms with E-state index in [0.29, 0.717) is 25.0 Å². The van der Waals surface area contributed by atoms with Gasteiger partial charge in [0, 0.05) is 13.1 Å². The fraction of sp³-hybridized carbons (Fsp3) is 0.857. The van der Waals surface area contributed by atoms with Crippen LogP contribution in [0.2, 0.25) is 0 Å². The number of carbonyl (C=O) groups is 1. The highest BCUT2D eigenvalue weighted by Crippen LogP contribution is 2.32. The highest BCUT2D eigenvalue weighted by atomic mass is 16.5. The second-order valence-corrected chi connectivity index (χ2v) is 5.56. The molecule has 1 aliphatic carbocycles. The maximum atomic E-state index is 11.5. The number of nitrogens with one attached hydrogen (secondary N) is 1. The lowest BCUT2D eigenvalue weighted by Gasteiger charge is -2.28. The molecule has 2 fully saturated rings. The van der Waals surface area contributed by atoms with Gasteiger partial charge in [0.05, 0.1) is 19.2 Å². The molecule has 114 valence electrons. The van der Waals surface area contributed by atoms with Crippen LogP contribution in [0.5, 0.6) is 0 Å². The van der Waals surface area contributed by atoms with Gasteiger partial charge in [0.2, 0.25) is 0 Å². The molecule has 1 heterocycles. The number of piperidine rings is 1. The third kappa shape index (κ3) is 4.58. The van der Waals surface area contributed by atoms with Crippen LogP contribution >= 0.6 is 0 Å². The first-order valence-corrected chi connectivity index (χ1v) is 7.69. The van der Waals surface area contributed by atoms with E-state index in [0.717, 1.165) is 25.9 Å². The van der Waals surface area contributed by atoms with Crippen molar-refractivity contribution in [2.45, 2.75) is 45.1 Å². The predicted molar refractivity (Wildman–Crippen MR) is 78.6 cm³/mol. The molecule has 1 saturated carbocycles. The molecular formula is C14H26N4O2. The van der Waals surface area contributed by atoms with Gasteiger partial charge in [-0.25, -0.2) is 4.79 Å². The molecule has 2 aliphatic rings. The summed E-state index contributed by atoms with van der Waals surface area (Å²) in [6.07, 6.45) is 5.59. The number of hydrogen-bond acceptors (Lipinski definition) is 3. The average Bonchev–Trinajstić information content (AvgIpc) is 3.29. The Hall–Kier alpha value is -1.46. The first kappa shape index (κ1) is 14.9. The van der Waals surface area contributed by atoms with Crippen LogP contribution in [-0.2, 0) is 4.74 Å². The first-order chi connectivity index (χ1) is 9.70. The third-order valence-electron chi connectivity index (χ3n) is 3.90. The molecule has 20 heavy (non-hydrogen) atoms. The number of guanidine groups is 1. The van der Waals surface area contributed by atoms with E-state index in [1.807, 2.05) is 0 Å². The Bertz CT molecular complexity index is 349. The van der Waals surface area contributed by atoms with E-state index in [9.17, 15) is 4.79 Å². The molecule has 0 spiro atoms. The van der Waals surface area contributed by atoms with Gasteiger partial charge in [0.15, 0.2) is 5.96 Å². The zero-order valence-electron chi connectivity index (χ0n) is 12.3. The maximum absolute atomic E-state index is 11.5. The number of rotatable bonds is 5. The summed E-state index contributed by atoms with van der Waals surface area (Å²) in [6.45, 7) is 4.73. The summed E-state index contributed by atoms with van der Waals surface area (Å²) in [7, 11) is 0. The molecule has 0 aromatic rings. The second-order valence-electron chi connectivity index (χ2n) is 5.56. The zero-order valence-corrected chi connectivity index (χ0v) is 12.3. The molecule has 1 amide bonds. The minimum Gasteiger partial charge on any atom is -0.450 e. The lowest BCUT2D eigenvalue weighted by molar-refractivity contribution is 0.147. The van der Waals surface area contributed by atoms with Crippen molar-refractivity contribution < 1.29 is 9.53 Å². The zero-order chi connectivity index (χ0) is 14.4. The molecule has 0 aromatic heterocycles. The van der Waals surface area contributed by atoms with Gasteiger partial charge in [0.1, 0.15) is 0 Å². The van der Waals surface area contributed by atoms with Crippen molar-refractivity contribution in [3.8, 4) is 0 Å². The Balaban J connectivity index is 1.82. The number of carbonyl (C=O) groups excluding carboxylic acids is 1. The summed E-state index contributed by atoms with van der Waals surface area (Å²) < 4.78 is 4.93. The van der Waals surface area contributed by atoms with Gasteiger partial charge in [-0.05, 0) is 44.9 Å². The SMILES string of the molecule is CCOC(=O)NC(CN=C(N)N1CCCCC1)C1CC1. The predicted octanol–water partition coefficient (Wildman–Crippen LogP) is 1.31. The Kier molecular flexibility index (Phi) is 5.49. The van der Waals surface area contributed by atoms with E-state index < -0.39 is 0 Å². The van der Waals surface area contributed by atoms with E-state index in [-0.39, 0.29) is 12.1 Å². The van der Waals surface area contributed by atoms with Crippen LogP contribution in [0.15, 0.2) is 4.99 Å². The summed E-state index contributed by atoms with van der Waals surface area (Å²) in [6, 6.07) is 0.0531. The minimum absolute atomic E-state index is 0.0531. The summed E-state index contributed by atoms with van der Waals surface area (Å²) in [4.78, 5) is 18.1. The maximum Gasteiger partial charge on any atom is 0.407 e. The first-order valence-electron chi connectivity index (χ1n) is 7.69. The van der Waals surface area contributed by atoms with E-state index in [2.05, 4.69) is 15.2 Å². The molecular weight excluding hydrogens is 256 g/mol. The van der Waals surface area contributed by atoms with Gasteiger partial charge in [0.25, 0.3) is 0 Å². The number of alkyl carbamates (subject to hydrolysis) is 1. The van der Waals surface area contributed by atoms with Crippen LogP contribution in [-0.4, -0.2) is 49.2 Å². The quantitative estimate of drug-likeness (QED) is 0.588. The monoisotopic (exact) mass is 282 g/mol. The topological polar surface area (TPSA) is 79.9 Å². The number of likely N-dealkylation sites (tertiary alicyclic amines) is 1. The number of ether oxygens (including phenoxy) is 1. The highest BCUT2D eigenvalue weighted by Gasteiger charge is 2.32. The standard InChI is InChI=1S/C14H26N4O2/c1-2-20-14(19)17-12(11-6-7-11)10-16-13(15)18-8-4-3-5-9-18/h11-12H,2-10H2,1H3,(H2,15,16)(H,17,19). The van der Waals surface area contributed by atoms with Gasteiger partial charge in [-0.1, -0.05) is 0 Å². The van der Waals surface area contributed by atoms with Crippen LogP contribution in [0.1, 0.15) is 39.0 Å². The fourth-order valence-electron chi connectivity index (χ4n) is 2.55. The lowest BCUT2D eigenvalue weighted by Crippen LogP contribution is -2.43. The molecule has 1 aliphatic heterocycles. The van der Waals surface area contributed by atoms with Crippen molar-refractivity contribution in [3.05, 3.63) is 0 Å². The number of nitrogens with two attached hydrogens (primary N) is 1. The second kappa shape index (κ2) is 7.36. The van der Waals surface area contributed by atoms with Crippen LogP contribution in [0.4, 0.5) is 4.79 Å². The number of aliphatic imine (C=N–C) groups is 1. The molecule has 6 heteroatoms. The van der Waals surface area contributed by atoms with Gasteiger partial charge in [-0.15, -0.1) is 0 Å².